The van der Waals surface area contributed by atoms with Gasteiger partial charge in [-0.3, -0.25) is 4.79 Å². The van der Waals surface area contributed by atoms with E-state index in [-0.39, 0.29) is 17.4 Å². The number of hydrogen-bond acceptors (Lipinski definition) is 4. The molecular weight excluding hydrogens is 268 g/mol. The van der Waals surface area contributed by atoms with Gasteiger partial charge in [-0.25, -0.2) is 0 Å². The van der Waals surface area contributed by atoms with Crippen molar-refractivity contribution in [1.82, 2.24) is 5.32 Å². The number of hydrogen-bond donors (Lipinski definition) is 4. The van der Waals surface area contributed by atoms with Crippen molar-refractivity contribution in [1.29, 1.82) is 0 Å². The van der Waals surface area contributed by atoms with Crippen molar-refractivity contribution in [2.45, 2.75) is 13.5 Å². The molecule has 0 aromatic heterocycles. The van der Waals surface area contributed by atoms with E-state index in [1.54, 1.807) is 31.3 Å². The molecule has 2 aromatic rings. The van der Waals surface area contributed by atoms with Crippen LogP contribution < -0.4 is 10.6 Å². The number of rotatable bonds is 4. The number of benzene rings is 2. The van der Waals surface area contributed by atoms with E-state index >= 15 is 0 Å². The van der Waals surface area contributed by atoms with Crippen molar-refractivity contribution in [2.75, 3.05) is 12.4 Å². The van der Waals surface area contributed by atoms with Gasteiger partial charge in [-0.2, -0.15) is 0 Å². The zero-order valence-corrected chi connectivity index (χ0v) is 12.0. The Labute approximate surface area is 123 Å². The van der Waals surface area contributed by atoms with Crippen LogP contribution in [0.2, 0.25) is 0 Å². The third kappa shape index (κ3) is 3.25. The number of aryl methyl sites for hydroxylation is 1. The van der Waals surface area contributed by atoms with Gasteiger partial charge in [-0.1, -0.05) is 12.1 Å². The standard InChI is InChI=1S/C16H18N2O3/c1-10-8-11(16(21)17-2)6-7-13(10)18-9-12-4-3-5-14(19)15(12)20/h3-8,18-20H,9H2,1-2H3,(H,17,21). The Balaban J connectivity index is 2.13. The van der Waals surface area contributed by atoms with Gasteiger partial charge in [0, 0.05) is 30.4 Å². The van der Waals surface area contributed by atoms with Crippen LogP contribution in [0.1, 0.15) is 21.5 Å². The summed E-state index contributed by atoms with van der Waals surface area (Å²) in [6, 6.07) is 10.2. The molecule has 0 saturated carbocycles. The van der Waals surface area contributed by atoms with Crippen molar-refractivity contribution < 1.29 is 15.0 Å². The molecule has 0 heterocycles. The van der Waals surface area contributed by atoms with Crippen LogP contribution >= 0.6 is 0 Å². The minimum atomic E-state index is -0.138. The molecule has 1 amide bonds. The first-order valence-corrected chi connectivity index (χ1v) is 6.59. The van der Waals surface area contributed by atoms with Crippen LogP contribution in [0.5, 0.6) is 11.5 Å². The number of nitrogens with one attached hydrogen (secondary N) is 2. The van der Waals surface area contributed by atoms with Gasteiger partial charge in [0.25, 0.3) is 5.91 Å². The average molecular weight is 286 g/mol. The van der Waals surface area contributed by atoms with Crippen molar-refractivity contribution in [3.8, 4) is 11.5 Å². The van der Waals surface area contributed by atoms with E-state index in [2.05, 4.69) is 10.6 Å². The summed E-state index contributed by atoms with van der Waals surface area (Å²) in [6.07, 6.45) is 0. The second kappa shape index (κ2) is 6.17. The lowest BCUT2D eigenvalue weighted by atomic mass is 10.1. The summed E-state index contributed by atoms with van der Waals surface area (Å²) >= 11 is 0. The lowest BCUT2D eigenvalue weighted by molar-refractivity contribution is 0.0963. The molecule has 0 spiro atoms. The number of amides is 1. The van der Waals surface area contributed by atoms with E-state index in [9.17, 15) is 15.0 Å². The van der Waals surface area contributed by atoms with Gasteiger partial charge in [-0.05, 0) is 36.8 Å². The summed E-state index contributed by atoms with van der Waals surface area (Å²) in [4.78, 5) is 11.5. The van der Waals surface area contributed by atoms with E-state index in [1.807, 2.05) is 13.0 Å². The summed E-state index contributed by atoms with van der Waals surface area (Å²) in [5.74, 6) is -0.388. The first kappa shape index (κ1) is 14.7. The highest BCUT2D eigenvalue weighted by Crippen LogP contribution is 2.29. The highest BCUT2D eigenvalue weighted by molar-refractivity contribution is 5.94. The molecule has 4 N–H and O–H groups in total. The maximum atomic E-state index is 11.5. The van der Waals surface area contributed by atoms with Crippen molar-refractivity contribution in [3.63, 3.8) is 0 Å². The quantitative estimate of drug-likeness (QED) is 0.650. The first-order valence-electron chi connectivity index (χ1n) is 6.59. The normalized spacial score (nSPS) is 10.2. The van der Waals surface area contributed by atoms with Gasteiger partial charge < -0.3 is 20.8 Å². The molecule has 2 rings (SSSR count). The number of phenolic OH excluding ortho intramolecular Hbond substituents is 2. The Morgan fingerprint density at radius 3 is 2.62 bits per heavy atom. The van der Waals surface area contributed by atoms with Crippen LogP contribution in [0, 0.1) is 6.92 Å². The summed E-state index contributed by atoms with van der Waals surface area (Å²) in [6.45, 7) is 2.28. The van der Waals surface area contributed by atoms with E-state index in [1.165, 1.54) is 6.07 Å². The van der Waals surface area contributed by atoms with Crippen LogP contribution in [0.4, 0.5) is 5.69 Å². The molecule has 0 aliphatic carbocycles. The third-order valence-electron chi connectivity index (χ3n) is 3.28. The van der Waals surface area contributed by atoms with Crippen LogP contribution in [0.15, 0.2) is 36.4 Å². The zero-order valence-electron chi connectivity index (χ0n) is 12.0. The summed E-state index contributed by atoms with van der Waals surface area (Å²) in [5, 5.41) is 25.0. The first-order chi connectivity index (χ1) is 10.0. The molecular formula is C16H18N2O3. The van der Waals surface area contributed by atoms with Gasteiger partial charge in [0.2, 0.25) is 0 Å². The Morgan fingerprint density at radius 1 is 1.19 bits per heavy atom. The van der Waals surface area contributed by atoms with Gasteiger partial charge in [0.1, 0.15) is 0 Å². The minimum absolute atomic E-state index is 0.121. The van der Waals surface area contributed by atoms with Crippen molar-refractivity contribution >= 4 is 11.6 Å². The SMILES string of the molecule is CNC(=O)c1ccc(NCc2cccc(O)c2O)c(C)c1. The molecule has 0 bridgehead atoms. The fourth-order valence-electron chi connectivity index (χ4n) is 2.06. The third-order valence-corrected chi connectivity index (χ3v) is 3.28. The van der Waals surface area contributed by atoms with E-state index in [0.717, 1.165) is 11.3 Å². The topological polar surface area (TPSA) is 81.6 Å². The number of aromatic hydroxyl groups is 2. The highest BCUT2D eigenvalue weighted by atomic mass is 16.3. The van der Waals surface area contributed by atoms with Gasteiger partial charge >= 0.3 is 0 Å². The Bertz CT molecular complexity index is 669. The Morgan fingerprint density at radius 2 is 1.95 bits per heavy atom. The van der Waals surface area contributed by atoms with Crippen molar-refractivity contribution in [2.24, 2.45) is 0 Å². The van der Waals surface area contributed by atoms with Gasteiger partial charge in [0.05, 0.1) is 0 Å². The number of phenols is 2. The summed E-state index contributed by atoms with van der Waals surface area (Å²) in [5.41, 5.74) is 2.99. The van der Waals surface area contributed by atoms with Crippen LogP contribution in [0.3, 0.4) is 0 Å². The zero-order chi connectivity index (χ0) is 15.4. The molecule has 0 unspecified atom stereocenters. The van der Waals surface area contributed by atoms with Crippen LogP contribution in [-0.4, -0.2) is 23.2 Å². The molecule has 0 aliphatic rings. The molecule has 21 heavy (non-hydrogen) atoms. The van der Waals surface area contributed by atoms with E-state index in [4.69, 9.17) is 0 Å². The number of para-hydroxylation sites is 1. The van der Waals surface area contributed by atoms with Gasteiger partial charge in [0.15, 0.2) is 11.5 Å². The summed E-state index contributed by atoms with van der Waals surface area (Å²) in [7, 11) is 1.59. The monoisotopic (exact) mass is 286 g/mol. The fraction of sp³-hybridized carbons (Fsp3) is 0.188. The molecule has 110 valence electrons. The smallest absolute Gasteiger partial charge is 0.251 e. The lowest BCUT2D eigenvalue weighted by Gasteiger charge is -2.12. The second-order valence-electron chi connectivity index (χ2n) is 4.75. The molecule has 5 nitrogen and oxygen atoms in total. The second-order valence-corrected chi connectivity index (χ2v) is 4.75. The Kier molecular flexibility index (Phi) is 4.33. The van der Waals surface area contributed by atoms with Crippen LogP contribution in [0.25, 0.3) is 0 Å². The van der Waals surface area contributed by atoms with E-state index < -0.39 is 0 Å². The predicted molar refractivity (Wildman–Crippen MR) is 81.7 cm³/mol. The molecule has 0 atom stereocenters. The maximum absolute atomic E-state index is 11.5. The highest BCUT2D eigenvalue weighted by Gasteiger charge is 2.08. The van der Waals surface area contributed by atoms with Crippen LogP contribution in [-0.2, 0) is 6.54 Å². The van der Waals surface area contributed by atoms with Gasteiger partial charge in [-0.15, -0.1) is 0 Å². The maximum Gasteiger partial charge on any atom is 0.251 e. The largest absolute Gasteiger partial charge is 0.504 e. The molecule has 0 saturated heterocycles. The predicted octanol–water partition coefficient (Wildman–Crippen LogP) is 2.38. The molecule has 0 fully saturated rings. The average Bonchev–Trinajstić information content (AvgIpc) is 2.49. The Hall–Kier alpha value is -2.69. The molecule has 0 aliphatic heterocycles. The number of carbonyl (C=O) groups is 1. The number of anilines is 1. The molecule has 0 radical (unpaired) electrons. The fourth-order valence-corrected chi connectivity index (χ4v) is 2.06. The van der Waals surface area contributed by atoms with Crippen molar-refractivity contribution in [3.05, 3.63) is 53.1 Å². The van der Waals surface area contributed by atoms with E-state index in [0.29, 0.717) is 17.7 Å². The molecule has 2 aromatic carbocycles. The lowest BCUT2D eigenvalue weighted by Crippen LogP contribution is -2.17. The minimum Gasteiger partial charge on any atom is -0.504 e. The number of carbonyl (C=O) groups excluding carboxylic acids is 1. The summed E-state index contributed by atoms with van der Waals surface area (Å²) < 4.78 is 0. The molecule has 5 heteroatoms.